The molecule has 1 aliphatic rings. The van der Waals surface area contributed by atoms with Crippen molar-refractivity contribution in [1.82, 2.24) is 4.98 Å². The van der Waals surface area contributed by atoms with Gasteiger partial charge in [0.25, 0.3) is 5.91 Å². The molecule has 0 saturated heterocycles. The van der Waals surface area contributed by atoms with E-state index in [-0.39, 0.29) is 12.0 Å². The summed E-state index contributed by atoms with van der Waals surface area (Å²) in [6.45, 7) is 0. The van der Waals surface area contributed by atoms with Crippen molar-refractivity contribution in [2.45, 2.75) is 12.5 Å². The van der Waals surface area contributed by atoms with E-state index in [4.69, 9.17) is 4.84 Å². The Balaban J connectivity index is 1.69. The van der Waals surface area contributed by atoms with Gasteiger partial charge in [0.2, 0.25) is 0 Å². The standard InChI is InChI=1S/C17H18N4O2/c1-21(2)16-13(9-6-10-18-16)19-17(22)14-11-15(23-20-14)12-7-4-3-5-8-12/h3-10,15H,11H2,1-2H3,(H,19,22)/t15-/m1/s1. The van der Waals surface area contributed by atoms with Gasteiger partial charge < -0.3 is 15.1 Å². The molecule has 1 aliphatic heterocycles. The van der Waals surface area contributed by atoms with Crippen LogP contribution in [0.1, 0.15) is 18.1 Å². The first kappa shape index (κ1) is 15.0. The molecule has 1 atom stereocenters. The highest BCUT2D eigenvalue weighted by Gasteiger charge is 2.27. The van der Waals surface area contributed by atoms with Crippen LogP contribution in [-0.2, 0) is 9.63 Å². The minimum atomic E-state index is -0.264. The Morgan fingerprint density at radius 1 is 1.22 bits per heavy atom. The monoisotopic (exact) mass is 310 g/mol. The molecule has 3 rings (SSSR count). The molecule has 0 aliphatic carbocycles. The van der Waals surface area contributed by atoms with Gasteiger partial charge in [0.15, 0.2) is 11.9 Å². The number of carbonyl (C=O) groups is 1. The Hall–Kier alpha value is -2.89. The van der Waals surface area contributed by atoms with Gasteiger partial charge in [-0.3, -0.25) is 4.79 Å². The number of anilines is 2. The van der Waals surface area contributed by atoms with Crippen molar-refractivity contribution in [3.8, 4) is 0 Å². The third kappa shape index (κ3) is 3.31. The lowest BCUT2D eigenvalue weighted by molar-refractivity contribution is -0.110. The minimum absolute atomic E-state index is 0.209. The molecule has 118 valence electrons. The molecule has 0 saturated carbocycles. The van der Waals surface area contributed by atoms with E-state index < -0.39 is 0 Å². The Bertz CT molecular complexity index is 728. The number of hydrogen-bond donors (Lipinski definition) is 1. The Kier molecular flexibility index (Phi) is 4.23. The molecule has 23 heavy (non-hydrogen) atoms. The lowest BCUT2D eigenvalue weighted by Gasteiger charge is -2.16. The second-order valence-corrected chi connectivity index (χ2v) is 5.47. The molecular weight excluding hydrogens is 292 g/mol. The summed E-state index contributed by atoms with van der Waals surface area (Å²) in [5.41, 5.74) is 2.04. The fraction of sp³-hybridized carbons (Fsp3) is 0.235. The van der Waals surface area contributed by atoms with Crippen molar-refractivity contribution >= 4 is 23.1 Å². The van der Waals surface area contributed by atoms with E-state index in [0.717, 1.165) is 5.56 Å². The molecule has 2 aromatic rings. The number of pyridine rings is 1. The first-order valence-electron chi connectivity index (χ1n) is 7.36. The third-order valence-electron chi connectivity index (χ3n) is 3.56. The molecule has 1 N–H and O–H groups in total. The van der Waals surface area contributed by atoms with Crippen molar-refractivity contribution in [3.05, 3.63) is 54.2 Å². The number of carbonyl (C=O) groups excluding carboxylic acids is 1. The van der Waals surface area contributed by atoms with Crippen molar-refractivity contribution < 1.29 is 9.63 Å². The number of hydrogen-bond acceptors (Lipinski definition) is 5. The van der Waals surface area contributed by atoms with Crippen LogP contribution < -0.4 is 10.2 Å². The number of nitrogens with one attached hydrogen (secondary N) is 1. The van der Waals surface area contributed by atoms with Crippen molar-refractivity contribution in [3.63, 3.8) is 0 Å². The number of nitrogens with zero attached hydrogens (tertiary/aromatic N) is 3. The van der Waals surface area contributed by atoms with Crippen molar-refractivity contribution in [2.24, 2.45) is 5.16 Å². The minimum Gasteiger partial charge on any atom is -0.387 e. The Morgan fingerprint density at radius 3 is 2.74 bits per heavy atom. The van der Waals surface area contributed by atoms with Crippen LogP contribution in [0.4, 0.5) is 11.5 Å². The molecule has 0 spiro atoms. The summed E-state index contributed by atoms with van der Waals surface area (Å²) in [6.07, 6.45) is 1.93. The van der Waals surface area contributed by atoms with Crippen LogP contribution >= 0.6 is 0 Å². The predicted octanol–water partition coefficient (Wildman–Crippen LogP) is 2.60. The number of rotatable bonds is 4. The number of aromatic nitrogens is 1. The van der Waals surface area contributed by atoms with Crippen LogP contribution in [0.3, 0.4) is 0 Å². The SMILES string of the molecule is CN(C)c1ncccc1NC(=O)C1=NO[C@@H](c2ccccc2)C1. The van der Waals surface area contributed by atoms with Gasteiger partial charge in [-0.1, -0.05) is 35.5 Å². The van der Waals surface area contributed by atoms with E-state index in [0.29, 0.717) is 23.6 Å². The topological polar surface area (TPSA) is 66.8 Å². The van der Waals surface area contributed by atoms with E-state index in [9.17, 15) is 4.79 Å². The number of benzene rings is 1. The van der Waals surface area contributed by atoms with Gasteiger partial charge in [-0.2, -0.15) is 0 Å². The van der Waals surface area contributed by atoms with Crippen molar-refractivity contribution in [2.75, 3.05) is 24.3 Å². The van der Waals surface area contributed by atoms with Crippen LogP contribution in [0, 0.1) is 0 Å². The van der Waals surface area contributed by atoms with Gasteiger partial charge in [0, 0.05) is 26.7 Å². The first-order valence-corrected chi connectivity index (χ1v) is 7.36. The molecular formula is C17H18N4O2. The predicted molar refractivity (Wildman–Crippen MR) is 89.5 cm³/mol. The lowest BCUT2D eigenvalue weighted by atomic mass is 10.0. The zero-order valence-corrected chi connectivity index (χ0v) is 13.1. The van der Waals surface area contributed by atoms with Crippen LogP contribution in [-0.4, -0.2) is 30.7 Å². The second kappa shape index (κ2) is 6.48. The number of oxime groups is 1. The second-order valence-electron chi connectivity index (χ2n) is 5.47. The van der Waals surface area contributed by atoms with E-state index >= 15 is 0 Å². The van der Waals surface area contributed by atoms with Crippen LogP contribution in [0.25, 0.3) is 0 Å². The number of amides is 1. The molecule has 0 fully saturated rings. The average molecular weight is 310 g/mol. The first-order chi connectivity index (χ1) is 11.1. The third-order valence-corrected chi connectivity index (χ3v) is 3.56. The molecule has 2 heterocycles. The summed E-state index contributed by atoms with van der Waals surface area (Å²) in [7, 11) is 3.75. The maximum absolute atomic E-state index is 12.4. The highest BCUT2D eigenvalue weighted by Crippen LogP contribution is 2.28. The average Bonchev–Trinajstić information content (AvgIpc) is 3.06. The van der Waals surface area contributed by atoms with E-state index in [2.05, 4.69) is 15.5 Å². The summed E-state index contributed by atoms with van der Waals surface area (Å²) in [6, 6.07) is 13.3. The molecule has 6 heteroatoms. The normalized spacial score (nSPS) is 16.4. The largest absolute Gasteiger partial charge is 0.387 e. The zero-order chi connectivity index (χ0) is 16.2. The van der Waals surface area contributed by atoms with Gasteiger partial charge >= 0.3 is 0 Å². The van der Waals surface area contributed by atoms with Crippen LogP contribution in [0.15, 0.2) is 53.8 Å². The lowest BCUT2D eigenvalue weighted by Crippen LogP contribution is -2.24. The molecule has 0 bridgehead atoms. The summed E-state index contributed by atoms with van der Waals surface area (Å²) < 4.78 is 0. The molecule has 1 aromatic carbocycles. The quantitative estimate of drug-likeness (QED) is 0.942. The van der Waals surface area contributed by atoms with E-state index in [1.54, 1.807) is 12.3 Å². The van der Waals surface area contributed by atoms with E-state index in [1.165, 1.54) is 0 Å². The summed E-state index contributed by atoms with van der Waals surface area (Å²) in [5, 5.41) is 6.79. The van der Waals surface area contributed by atoms with Crippen LogP contribution in [0.2, 0.25) is 0 Å². The maximum atomic E-state index is 12.4. The van der Waals surface area contributed by atoms with Gasteiger partial charge in [0.05, 0.1) is 5.69 Å². The van der Waals surface area contributed by atoms with Gasteiger partial charge in [-0.05, 0) is 17.7 Å². The summed E-state index contributed by atoms with van der Waals surface area (Å²) in [4.78, 5) is 23.9. The van der Waals surface area contributed by atoms with Gasteiger partial charge in [0.1, 0.15) is 5.71 Å². The molecule has 1 aromatic heterocycles. The fourth-order valence-corrected chi connectivity index (χ4v) is 2.40. The van der Waals surface area contributed by atoms with Crippen molar-refractivity contribution in [1.29, 1.82) is 0 Å². The summed E-state index contributed by atoms with van der Waals surface area (Å²) >= 11 is 0. The Morgan fingerprint density at radius 2 is 2.00 bits per heavy atom. The van der Waals surface area contributed by atoms with Crippen LogP contribution in [0.5, 0.6) is 0 Å². The molecule has 0 radical (unpaired) electrons. The smallest absolute Gasteiger partial charge is 0.273 e. The van der Waals surface area contributed by atoms with Gasteiger partial charge in [-0.25, -0.2) is 4.98 Å². The Labute approximate surface area is 134 Å². The molecule has 0 unspecified atom stereocenters. The fourth-order valence-electron chi connectivity index (χ4n) is 2.40. The highest BCUT2D eigenvalue weighted by molar-refractivity contribution is 6.43. The maximum Gasteiger partial charge on any atom is 0.273 e. The summed E-state index contributed by atoms with van der Waals surface area (Å²) in [5.74, 6) is 0.430. The van der Waals surface area contributed by atoms with Gasteiger partial charge in [-0.15, -0.1) is 0 Å². The molecule has 1 amide bonds. The molecule has 6 nitrogen and oxygen atoms in total. The van der Waals surface area contributed by atoms with E-state index in [1.807, 2.05) is 55.4 Å². The zero-order valence-electron chi connectivity index (χ0n) is 13.1. The highest BCUT2D eigenvalue weighted by atomic mass is 16.6.